The second-order valence-corrected chi connectivity index (χ2v) is 8.06. The first-order chi connectivity index (χ1) is 9.51. The van der Waals surface area contributed by atoms with Crippen molar-refractivity contribution in [2.24, 2.45) is 0 Å². The molecule has 1 heterocycles. The number of rotatable bonds is 11. The van der Waals surface area contributed by atoms with Crippen molar-refractivity contribution in [2.45, 2.75) is 58.3 Å². The maximum absolute atomic E-state index is 10.9. The lowest BCUT2D eigenvalue weighted by Crippen LogP contribution is -2.05. The van der Waals surface area contributed by atoms with Gasteiger partial charge in [0.25, 0.3) is 10.1 Å². The number of hydrogen-bond donors (Lipinski definition) is 0. The average Bonchev–Trinajstić information content (AvgIpc) is 2.80. The van der Waals surface area contributed by atoms with Gasteiger partial charge in [-0.05, 0) is 25.0 Å². The van der Waals surface area contributed by atoms with Crippen LogP contribution >= 0.6 is 11.3 Å². The number of aryl methyl sites for hydroxylation is 1. The van der Waals surface area contributed by atoms with Crippen LogP contribution in [0.3, 0.4) is 0 Å². The van der Waals surface area contributed by atoms with E-state index in [-0.39, 0.29) is 6.61 Å². The van der Waals surface area contributed by atoms with Gasteiger partial charge in [-0.25, -0.2) is 0 Å². The smallest absolute Gasteiger partial charge is 0.264 e. The third-order valence-electron chi connectivity index (χ3n) is 3.14. The summed E-state index contributed by atoms with van der Waals surface area (Å²) in [5.41, 5.74) is 0. The highest BCUT2D eigenvalue weighted by Gasteiger charge is 2.04. The summed E-state index contributed by atoms with van der Waals surface area (Å²) in [5.74, 6) is 0. The SMILES string of the molecule is CCCCCCCCc1ccc(CCOS(C)(=O)=O)s1. The predicted molar refractivity (Wildman–Crippen MR) is 85.9 cm³/mol. The van der Waals surface area contributed by atoms with E-state index in [1.54, 1.807) is 11.3 Å². The molecule has 5 heteroatoms. The van der Waals surface area contributed by atoms with E-state index in [2.05, 4.69) is 19.1 Å². The molecule has 1 aromatic heterocycles. The third-order valence-corrected chi connectivity index (χ3v) is 4.94. The molecule has 3 nitrogen and oxygen atoms in total. The van der Waals surface area contributed by atoms with Crippen LogP contribution in [0.1, 0.15) is 55.2 Å². The number of hydrogen-bond acceptors (Lipinski definition) is 4. The van der Waals surface area contributed by atoms with Crippen LogP contribution in [-0.2, 0) is 27.1 Å². The van der Waals surface area contributed by atoms with Gasteiger partial charge < -0.3 is 0 Å². The summed E-state index contributed by atoms with van der Waals surface area (Å²) in [6, 6.07) is 4.25. The predicted octanol–water partition coefficient (Wildman–Crippen LogP) is 4.17. The summed E-state index contributed by atoms with van der Waals surface area (Å²) in [5, 5.41) is 0. The van der Waals surface area contributed by atoms with Crippen LogP contribution < -0.4 is 0 Å². The molecule has 0 N–H and O–H groups in total. The van der Waals surface area contributed by atoms with E-state index in [1.807, 2.05) is 0 Å². The molecule has 0 aliphatic carbocycles. The Balaban J connectivity index is 2.16. The Morgan fingerprint density at radius 2 is 1.60 bits per heavy atom. The highest BCUT2D eigenvalue weighted by molar-refractivity contribution is 7.85. The third kappa shape index (κ3) is 8.72. The number of thiophene rings is 1. The Bertz CT molecular complexity index is 463. The van der Waals surface area contributed by atoms with E-state index in [0.29, 0.717) is 6.42 Å². The van der Waals surface area contributed by atoms with Gasteiger partial charge in [0.05, 0.1) is 12.9 Å². The molecule has 0 aliphatic rings. The first-order valence-electron chi connectivity index (χ1n) is 7.43. The van der Waals surface area contributed by atoms with Gasteiger partial charge in [-0.3, -0.25) is 4.18 Å². The molecule has 0 atom stereocenters. The molecule has 0 spiro atoms. The molecular weight excluding hydrogens is 292 g/mol. The van der Waals surface area contributed by atoms with E-state index in [0.717, 1.165) is 12.7 Å². The standard InChI is InChI=1S/C15H26O3S2/c1-3-4-5-6-7-8-9-14-10-11-15(19-14)12-13-18-20(2,16)17/h10-11H,3-9,12-13H2,1-2H3. The van der Waals surface area contributed by atoms with E-state index in [4.69, 9.17) is 4.18 Å². The number of unbranched alkanes of at least 4 members (excludes halogenated alkanes) is 5. The molecule has 0 aromatic carbocycles. The summed E-state index contributed by atoms with van der Waals surface area (Å²) in [4.78, 5) is 2.60. The Morgan fingerprint density at radius 1 is 1.00 bits per heavy atom. The maximum Gasteiger partial charge on any atom is 0.264 e. The monoisotopic (exact) mass is 318 g/mol. The summed E-state index contributed by atoms with van der Waals surface area (Å²) in [6.45, 7) is 2.48. The molecule has 20 heavy (non-hydrogen) atoms. The van der Waals surface area contributed by atoms with Gasteiger partial charge in [0.2, 0.25) is 0 Å². The van der Waals surface area contributed by atoms with E-state index >= 15 is 0 Å². The van der Waals surface area contributed by atoms with Gasteiger partial charge in [0, 0.05) is 16.2 Å². The minimum Gasteiger partial charge on any atom is -0.270 e. The topological polar surface area (TPSA) is 43.4 Å². The quantitative estimate of drug-likeness (QED) is 0.454. The van der Waals surface area contributed by atoms with E-state index < -0.39 is 10.1 Å². The molecule has 1 rings (SSSR count). The Hall–Kier alpha value is -0.390. The lowest BCUT2D eigenvalue weighted by molar-refractivity contribution is 0.327. The van der Waals surface area contributed by atoms with E-state index in [1.165, 1.54) is 48.3 Å². The van der Waals surface area contributed by atoms with Crippen molar-refractivity contribution < 1.29 is 12.6 Å². The van der Waals surface area contributed by atoms with Crippen molar-refractivity contribution in [2.75, 3.05) is 12.9 Å². The summed E-state index contributed by atoms with van der Waals surface area (Å²) < 4.78 is 26.5. The molecular formula is C15H26O3S2. The van der Waals surface area contributed by atoms with Crippen molar-refractivity contribution in [3.05, 3.63) is 21.9 Å². The van der Waals surface area contributed by atoms with Crippen molar-refractivity contribution >= 4 is 21.5 Å². The molecule has 1 aromatic rings. The second kappa shape index (κ2) is 9.53. The van der Waals surface area contributed by atoms with Gasteiger partial charge in [0.1, 0.15) is 0 Å². The van der Waals surface area contributed by atoms with Gasteiger partial charge >= 0.3 is 0 Å². The zero-order chi connectivity index (χ0) is 14.8. The molecule has 116 valence electrons. The molecule has 0 fully saturated rings. The van der Waals surface area contributed by atoms with Crippen molar-refractivity contribution in [3.63, 3.8) is 0 Å². The van der Waals surface area contributed by atoms with Crippen LogP contribution in [0.4, 0.5) is 0 Å². The van der Waals surface area contributed by atoms with Crippen molar-refractivity contribution in [3.8, 4) is 0 Å². The molecule has 0 unspecified atom stereocenters. The average molecular weight is 319 g/mol. The zero-order valence-electron chi connectivity index (χ0n) is 12.6. The second-order valence-electron chi connectivity index (χ2n) is 5.16. The zero-order valence-corrected chi connectivity index (χ0v) is 14.2. The van der Waals surface area contributed by atoms with Crippen molar-refractivity contribution in [1.29, 1.82) is 0 Å². The van der Waals surface area contributed by atoms with Crippen LogP contribution in [-0.4, -0.2) is 21.3 Å². The van der Waals surface area contributed by atoms with Crippen LogP contribution in [0.5, 0.6) is 0 Å². The molecule has 0 aliphatic heterocycles. The molecule has 0 bridgehead atoms. The van der Waals surface area contributed by atoms with Gasteiger partial charge in [0.15, 0.2) is 0 Å². The van der Waals surface area contributed by atoms with Crippen LogP contribution in [0.15, 0.2) is 12.1 Å². The summed E-state index contributed by atoms with van der Waals surface area (Å²) in [7, 11) is -3.31. The minimum absolute atomic E-state index is 0.246. The maximum atomic E-state index is 10.9. The fourth-order valence-electron chi connectivity index (χ4n) is 2.06. The lowest BCUT2D eigenvalue weighted by Gasteiger charge is -2.00. The Kier molecular flexibility index (Phi) is 8.41. The van der Waals surface area contributed by atoms with Crippen LogP contribution in [0.25, 0.3) is 0 Å². The van der Waals surface area contributed by atoms with Crippen molar-refractivity contribution in [1.82, 2.24) is 0 Å². The van der Waals surface area contributed by atoms with E-state index in [9.17, 15) is 8.42 Å². The van der Waals surface area contributed by atoms with Gasteiger partial charge in [-0.1, -0.05) is 39.0 Å². The highest BCUT2D eigenvalue weighted by atomic mass is 32.2. The normalized spacial score (nSPS) is 11.9. The first kappa shape index (κ1) is 17.7. The van der Waals surface area contributed by atoms with Crippen LogP contribution in [0, 0.1) is 0 Å². The largest absolute Gasteiger partial charge is 0.270 e. The summed E-state index contributed by atoms with van der Waals surface area (Å²) in [6.07, 6.45) is 10.8. The molecule has 0 amide bonds. The lowest BCUT2D eigenvalue weighted by atomic mass is 10.1. The molecule has 0 saturated heterocycles. The van der Waals surface area contributed by atoms with Gasteiger partial charge in [-0.2, -0.15) is 8.42 Å². The highest BCUT2D eigenvalue weighted by Crippen LogP contribution is 2.20. The first-order valence-corrected chi connectivity index (χ1v) is 10.1. The molecule has 0 radical (unpaired) electrons. The molecule has 0 saturated carbocycles. The van der Waals surface area contributed by atoms with Crippen LogP contribution in [0.2, 0.25) is 0 Å². The fourth-order valence-corrected chi connectivity index (χ4v) is 3.49. The fraction of sp³-hybridized carbons (Fsp3) is 0.733. The van der Waals surface area contributed by atoms with Gasteiger partial charge in [-0.15, -0.1) is 11.3 Å². The Labute approximate surface area is 127 Å². The Morgan fingerprint density at radius 3 is 2.25 bits per heavy atom. The summed E-state index contributed by atoms with van der Waals surface area (Å²) >= 11 is 1.78. The minimum atomic E-state index is -3.31.